The third kappa shape index (κ3) is 1.88. The molecule has 0 amide bonds. The number of imidazole rings is 1. The molecule has 6 rings (SSSR count). The van der Waals surface area contributed by atoms with Crippen molar-refractivity contribution in [1.29, 1.82) is 0 Å². The van der Waals surface area contributed by atoms with Crippen LogP contribution in [0.1, 0.15) is 36.6 Å². The first-order valence-corrected chi connectivity index (χ1v) is 8.87. The van der Waals surface area contributed by atoms with Gasteiger partial charge in [-0.1, -0.05) is 22.8 Å². The molecule has 0 atom stereocenters. The molecule has 0 bridgehead atoms. The van der Waals surface area contributed by atoms with Crippen molar-refractivity contribution in [3.05, 3.63) is 47.1 Å². The first-order chi connectivity index (χ1) is 12.3. The van der Waals surface area contributed by atoms with Crippen LogP contribution in [0.2, 0.25) is 5.02 Å². The highest BCUT2D eigenvalue weighted by Gasteiger charge is 2.35. The number of anilines is 1. The minimum Gasteiger partial charge on any atom is -0.339 e. The molecule has 1 fully saturated rings. The van der Waals surface area contributed by atoms with Crippen LogP contribution in [0.15, 0.2) is 35.1 Å². The van der Waals surface area contributed by atoms with Crippen LogP contribution >= 0.6 is 11.6 Å². The van der Waals surface area contributed by atoms with Gasteiger partial charge in [0.05, 0.1) is 5.69 Å². The van der Waals surface area contributed by atoms with Crippen LogP contribution in [0.5, 0.6) is 0 Å². The molecule has 7 heteroatoms. The van der Waals surface area contributed by atoms with Crippen molar-refractivity contribution >= 4 is 23.1 Å². The fourth-order valence-electron chi connectivity index (χ4n) is 3.72. The van der Waals surface area contributed by atoms with Crippen molar-refractivity contribution in [2.24, 2.45) is 0 Å². The molecular weight excluding hydrogens is 338 g/mol. The topological polar surface area (TPSA) is 60.0 Å². The summed E-state index contributed by atoms with van der Waals surface area (Å²) in [5.74, 6) is 2.74. The molecule has 4 heterocycles. The standard InChI is InChI=1S/C18H14ClN5O/c19-11-5-6-14-12(8-11)13-2-1-7-23(13)18-15(20-9-24(14)18)16-21-17(25-22-16)10-3-4-10/h2,5-6,8-10H,1,3-4,7H2. The van der Waals surface area contributed by atoms with Crippen LogP contribution in [-0.2, 0) is 0 Å². The lowest BCUT2D eigenvalue weighted by molar-refractivity contribution is 0.380. The Bertz CT molecular complexity index is 1050. The van der Waals surface area contributed by atoms with Gasteiger partial charge in [0.2, 0.25) is 11.7 Å². The molecule has 1 saturated carbocycles. The van der Waals surface area contributed by atoms with Crippen molar-refractivity contribution in [3.63, 3.8) is 0 Å². The van der Waals surface area contributed by atoms with E-state index in [1.54, 1.807) is 0 Å². The summed E-state index contributed by atoms with van der Waals surface area (Å²) in [5.41, 5.74) is 4.16. The summed E-state index contributed by atoms with van der Waals surface area (Å²) in [6.07, 6.45) is 7.35. The van der Waals surface area contributed by atoms with Gasteiger partial charge in [-0.25, -0.2) is 4.98 Å². The van der Waals surface area contributed by atoms with Gasteiger partial charge in [0.25, 0.3) is 0 Å². The summed E-state index contributed by atoms with van der Waals surface area (Å²) in [4.78, 5) is 11.5. The second kappa shape index (κ2) is 4.73. The zero-order valence-electron chi connectivity index (χ0n) is 13.3. The quantitative estimate of drug-likeness (QED) is 0.698. The highest BCUT2D eigenvalue weighted by Crippen LogP contribution is 2.45. The van der Waals surface area contributed by atoms with Gasteiger partial charge in [-0.15, -0.1) is 0 Å². The number of aromatic nitrogens is 4. The molecule has 3 aliphatic rings. The van der Waals surface area contributed by atoms with Crippen LogP contribution in [-0.4, -0.2) is 26.2 Å². The van der Waals surface area contributed by atoms with Crippen LogP contribution < -0.4 is 4.90 Å². The normalized spacial score (nSPS) is 18.0. The Hall–Kier alpha value is -2.60. The van der Waals surface area contributed by atoms with Crippen molar-refractivity contribution in [2.45, 2.75) is 25.2 Å². The Morgan fingerprint density at radius 3 is 3.04 bits per heavy atom. The largest absolute Gasteiger partial charge is 0.339 e. The zero-order chi connectivity index (χ0) is 16.5. The summed E-state index contributed by atoms with van der Waals surface area (Å²) in [7, 11) is 0. The summed E-state index contributed by atoms with van der Waals surface area (Å²) in [6.45, 7) is 0.910. The molecule has 124 valence electrons. The minimum absolute atomic E-state index is 0.435. The third-order valence-electron chi connectivity index (χ3n) is 5.05. The molecule has 0 N–H and O–H groups in total. The molecule has 6 nitrogen and oxygen atoms in total. The number of halogens is 1. The van der Waals surface area contributed by atoms with Crippen LogP contribution in [0, 0.1) is 0 Å². The Morgan fingerprint density at radius 2 is 2.16 bits per heavy atom. The lowest BCUT2D eigenvalue weighted by atomic mass is 10.1. The summed E-state index contributed by atoms with van der Waals surface area (Å²) < 4.78 is 7.53. The van der Waals surface area contributed by atoms with Gasteiger partial charge < -0.3 is 9.42 Å². The molecule has 0 unspecified atom stereocenters. The van der Waals surface area contributed by atoms with Gasteiger partial charge in [-0.2, -0.15) is 4.98 Å². The highest BCUT2D eigenvalue weighted by molar-refractivity contribution is 6.30. The Morgan fingerprint density at radius 1 is 1.24 bits per heavy atom. The SMILES string of the molecule is Clc1ccc2c(c1)C1=CCCN1c1c(-c3noc(C4CC4)n3)ncn1-2. The van der Waals surface area contributed by atoms with E-state index < -0.39 is 0 Å². The van der Waals surface area contributed by atoms with Gasteiger partial charge in [-0.3, -0.25) is 4.57 Å². The number of hydrogen-bond acceptors (Lipinski definition) is 5. The fourth-order valence-corrected chi connectivity index (χ4v) is 3.89. The monoisotopic (exact) mass is 351 g/mol. The fraction of sp³-hybridized carbons (Fsp3) is 0.278. The second-order valence-corrected chi connectivity index (χ2v) is 7.14. The summed E-state index contributed by atoms with van der Waals surface area (Å²) in [6, 6.07) is 5.97. The molecular formula is C18H14ClN5O. The van der Waals surface area contributed by atoms with Crippen molar-refractivity contribution in [3.8, 4) is 17.2 Å². The highest BCUT2D eigenvalue weighted by atomic mass is 35.5. The van der Waals surface area contributed by atoms with Gasteiger partial charge in [0, 0.05) is 28.7 Å². The smallest absolute Gasteiger partial charge is 0.230 e. The molecule has 25 heavy (non-hydrogen) atoms. The van der Waals surface area contributed by atoms with Gasteiger partial charge in [-0.05, 0) is 37.5 Å². The molecule has 0 radical (unpaired) electrons. The number of rotatable bonds is 2. The molecule has 0 saturated heterocycles. The number of hydrogen-bond donors (Lipinski definition) is 0. The first-order valence-electron chi connectivity index (χ1n) is 8.49. The Labute approximate surface area is 148 Å². The van der Waals surface area contributed by atoms with Crippen molar-refractivity contribution in [1.82, 2.24) is 19.7 Å². The molecule has 0 spiro atoms. The average molecular weight is 352 g/mol. The lowest BCUT2D eigenvalue weighted by Gasteiger charge is -2.31. The maximum atomic E-state index is 6.23. The molecule has 1 aliphatic carbocycles. The minimum atomic E-state index is 0.435. The van der Waals surface area contributed by atoms with E-state index in [1.165, 1.54) is 5.70 Å². The Balaban J connectivity index is 1.56. The van der Waals surface area contributed by atoms with Gasteiger partial charge in [0.15, 0.2) is 5.69 Å². The van der Waals surface area contributed by atoms with E-state index in [-0.39, 0.29) is 0 Å². The molecule has 2 aromatic heterocycles. The predicted molar refractivity (Wildman–Crippen MR) is 93.8 cm³/mol. The Kier molecular flexibility index (Phi) is 2.58. The van der Waals surface area contributed by atoms with Crippen LogP contribution in [0.4, 0.5) is 5.82 Å². The lowest BCUT2D eigenvalue weighted by Crippen LogP contribution is -2.26. The number of fused-ring (bicyclic) bond motifs is 6. The van der Waals surface area contributed by atoms with Crippen LogP contribution in [0.3, 0.4) is 0 Å². The number of nitrogens with zero attached hydrogens (tertiary/aromatic N) is 5. The maximum absolute atomic E-state index is 6.23. The molecule has 1 aromatic carbocycles. The van der Waals surface area contributed by atoms with E-state index in [0.29, 0.717) is 11.7 Å². The van der Waals surface area contributed by atoms with Crippen molar-refractivity contribution < 1.29 is 4.52 Å². The average Bonchev–Trinajstić information content (AvgIpc) is 3.04. The van der Waals surface area contributed by atoms with E-state index >= 15 is 0 Å². The number of benzene rings is 1. The second-order valence-electron chi connectivity index (χ2n) is 6.71. The van der Waals surface area contributed by atoms with Crippen molar-refractivity contribution in [2.75, 3.05) is 11.4 Å². The zero-order valence-corrected chi connectivity index (χ0v) is 14.1. The summed E-state index contributed by atoms with van der Waals surface area (Å²) in [5, 5.41) is 4.92. The predicted octanol–water partition coefficient (Wildman–Crippen LogP) is 4.02. The first kappa shape index (κ1) is 13.7. The van der Waals surface area contributed by atoms with Crippen LogP contribution in [0.25, 0.3) is 22.9 Å². The molecule has 2 aliphatic heterocycles. The van der Waals surface area contributed by atoms with Gasteiger partial charge >= 0.3 is 0 Å². The third-order valence-corrected chi connectivity index (χ3v) is 5.29. The van der Waals surface area contributed by atoms with E-state index in [4.69, 9.17) is 16.1 Å². The maximum Gasteiger partial charge on any atom is 0.230 e. The van der Waals surface area contributed by atoms with Gasteiger partial charge in [0.1, 0.15) is 12.1 Å². The van der Waals surface area contributed by atoms with E-state index in [2.05, 4.69) is 30.7 Å². The molecule has 3 aromatic rings. The van der Waals surface area contributed by atoms with E-state index in [0.717, 1.165) is 59.5 Å². The van der Waals surface area contributed by atoms with E-state index in [1.807, 2.05) is 24.5 Å². The summed E-state index contributed by atoms with van der Waals surface area (Å²) >= 11 is 6.23. The van der Waals surface area contributed by atoms with E-state index in [9.17, 15) is 0 Å².